The molecule has 2 aliphatic heterocycles. The SMILES string of the molecule is CNS(=O)(=O)c1cc(-c2cc(C=C3SC(=O)NC3=O)ccc2OC(F)(F)F)c2c(c1)C(C)(C)CO2. The first-order chi connectivity index (χ1) is 16.2. The molecule has 0 spiro atoms. The van der Waals surface area contributed by atoms with E-state index in [0.29, 0.717) is 17.3 Å². The van der Waals surface area contributed by atoms with E-state index in [4.69, 9.17) is 4.74 Å². The largest absolute Gasteiger partial charge is 0.573 e. The number of amides is 2. The van der Waals surface area contributed by atoms with Gasteiger partial charge in [0, 0.05) is 22.1 Å². The minimum Gasteiger partial charge on any atom is -0.492 e. The summed E-state index contributed by atoms with van der Waals surface area (Å²) in [6.07, 6.45) is -3.69. The third-order valence-electron chi connectivity index (χ3n) is 5.41. The number of halogens is 3. The van der Waals surface area contributed by atoms with Gasteiger partial charge in [-0.2, -0.15) is 0 Å². The summed E-state index contributed by atoms with van der Waals surface area (Å²) in [5.74, 6) is -0.996. The maximum Gasteiger partial charge on any atom is 0.573 e. The van der Waals surface area contributed by atoms with Crippen LogP contribution in [0.1, 0.15) is 25.0 Å². The molecule has 1 saturated heterocycles. The van der Waals surface area contributed by atoms with Gasteiger partial charge in [-0.1, -0.05) is 19.9 Å². The fourth-order valence-corrected chi connectivity index (χ4v) is 5.16. The summed E-state index contributed by atoms with van der Waals surface area (Å²) in [7, 11) is -2.74. The third kappa shape index (κ3) is 5.02. The van der Waals surface area contributed by atoms with Crippen LogP contribution in [-0.2, 0) is 20.2 Å². The Labute approximate surface area is 202 Å². The molecule has 0 aromatic heterocycles. The van der Waals surface area contributed by atoms with Gasteiger partial charge in [0.2, 0.25) is 10.0 Å². The average Bonchev–Trinajstić information content (AvgIpc) is 3.24. The summed E-state index contributed by atoms with van der Waals surface area (Å²) in [4.78, 5) is 23.3. The standard InChI is InChI=1S/C22H19F3N2O6S2/c1-21(2)10-32-18-14(8-12(9-15(18)21)35(30,31)26-3)13-6-11(4-5-16(13)33-22(23,24)25)7-17-19(28)27-20(29)34-17/h4-9,26H,10H2,1-3H3,(H,27,28,29). The van der Waals surface area contributed by atoms with Crippen LogP contribution in [0.4, 0.5) is 18.0 Å². The fraction of sp³-hybridized carbons (Fsp3) is 0.273. The Morgan fingerprint density at radius 3 is 2.49 bits per heavy atom. The molecule has 8 nitrogen and oxygen atoms in total. The molecule has 13 heteroatoms. The van der Waals surface area contributed by atoms with Crippen LogP contribution in [-0.4, -0.2) is 39.6 Å². The molecule has 0 saturated carbocycles. The second-order valence-corrected chi connectivity index (χ2v) is 11.3. The maximum atomic E-state index is 13.2. The van der Waals surface area contributed by atoms with Crippen LogP contribution in [0.15, 0.2) is 40.1 Å². The number of benzene rings is 2. The summed E-state index contributed by atoms with van der Waals surface area (Å²) in [6, 6.07) is 6.29. The number of rotatable bonds is 5. The lowest BCUT2D eigenvalue weighted by molar-refractivity contribution is -0.274. The zero-order chi connectivity index (χ0) is 25.8. The zero-order valence-corrected chi connectivity index (χ0v) is 20.2. The molecule has 0 atom stereocenters. The average molecular weight is 529 g/mol. The van der Waals surface area contributed by atoms with Crippen molar-refractivity contribution in [3.05, 3.63) is 46.4 Å². The van der Waals surface area contributed by atoms with Gasteiger partial charge in [-0.05, 0) is 54.7 Å². The summed E-state index contributed by atoms with van der Waals surface area (Å²) >= 11 is 0.651. The Hall–Kier alpha value is -3.03. The molecule has 4 rings (SSSR count). The van der Waals surface area contributed by atoms with Gasteiger partial charge in [-0.25, -0.2) is 13.1 Å². The van der Waals surface area contributed by atoms with Crippen LogP contribution in [0, 0.1) is 0 Å². The van der Waals surface area contributed by atoms with Gasteiger partial charge in [0.25, 0.3) is 11.1 Å². The molecule has 0 radical (unpaired) electrons. The summed E-state index contributed by atoms with van der Waals surface area (Å²) in [5, 5.41) is 1.53. The number of thioether (sulfide) groups is 1. The van der Waals surface area contributed by atoms with Crippen molar-refractivity contribution in [3.63, 3.8) is 0 Å². The first-order valence-electron chi connectivity index (χ1n) is 10.1. The van der Waals surface area contributed by atoms with Crippen molar-refractivity contribution >= 4 is 39.0 Å². The number of alkyl halides is 3. The van der Waals surface area contributed by atoms with E-state index >= 15 is 0 Å². The third-order valence-corrected chi connectivity index (χ3v) is 7.61. The van der Waals surface area contributed by atoms with Gasteiger partial charge in [-0.3, -0.25) is 14.9 Å². The van der Waals surface area contributed by atoms with E-state index in [1.54, 1.807) is 0 Å². The maximum absolute atomic E-state index is 13.2. The van der Waals surface area contributed by atoms with Gasteiger partial charge in [0.1, 0.15) is 11.5 Å². The van der Waals surface area contributed by atoms with E-state index in [1.807, 2.05) is 13.8 Å². The quantitative estimate of drug-likeness (QED) is 0.561. The van der Waals surface area contributed by atoms with Crippen LogP contribution in [0.25, 0.3) is 17.2 Å². The molecule has 2 aliphatic rings. The highest BCUT2D eigenvalue weighted by Gasteiger charge is 2.38. The molecule has 35 heavy (non-hydrogen) atoms. The smallest absolute Gasteiger partial charge is 0.492 e. The molecule has 2 N–H and O–H groups in total. The van der Waals surface area contributed by atoms with E-state index in [-0.39, 0.29) is 38.8 Å². The van der Waals surface area contributed by atoms with E-state index in [1.165, 1.54) is 37.4 Å². The number of fused-ring (bicyclic) bond motifs is 1. The molecule has 186 valence electrons. The second-order valence-electron chi connectivity index (χ2n) is 8.38. The van der Waals surface area contributed by atoms with Crippen molar-refractivity contribution in [3.8, 4) is 22.6 Å². The summed E-state index contributed by atoms with van der Waals surface area (Å²) in [6.45, 7) is 3.81. The normalized spacial score (nSPS) is 18.4. The van der Waals surface area contributed by atoms with E-state index in [9.17, 15) is 31.2 Å². The van der Waals surface area contributed by atoms with Gasteiger partial charge >= 0.3 is 6.36 Å². The van der Waals surface area contributed by atoms with Crippen molar-refractivity contribution in [2.24, 2.45) is 0 Å². The van der Waals surface area contributed by atoms with E-state index in [2.05, 4.69) is 14.8 Å². The lowest BCUT2D eigenvalue weighted by Gasteiger charge is -2.19. The minimum atomic E-state index is -5.03. The zero-order valence-electron chi connectivity index (χ0n) is 18.6. The highest BCUT2D eigenvalue weighted by Crippen LogP contribution is 2.49. The fourth-order valence-electron chi connectivity index (χ4n) is 3.70. The lowest BCUT2D eigenvalue weighted by atomic mass is 9.85. The Morgan fingerprint density at radius 2 is 1.89 bits per heavy atom. The first-order valence-corrected chi connectivity index (χ1v) is 12.4. The number of hydrogen-bond acceptors (Lipinski definition) is 7. The number of nitrogens with one attached hydrogen (secondary N) is 2. The molecular weight excluding hydrogens is 509 g/mol. The van der Waals surface area contributed by atoms with Crippen molar-refractivity contribution in [1.82, 2.24) is 10.0 Å². The Balaban J connectivity index is 1.98. The van der Waals surface area contributed by atoms with E-state index in [0.717, 1.165) is 6.07 Å². The molecule has 0 aliphatic carbocycles. The minimum absolute atomic E-state index is 0.0552. The van der Waals surface area contributed by atoms with Crippen LogP contribution < -0.4 is 19.5 Å². The van der Waals surface area contributed by atoms with Crippen molar-refractivity contribution < 1.29 is 40.7 Å². The molecule has 2 amide bonds. The highest BCUT2D eigenvalue weighted by atomic mass is 32.2. The van der Waals surface area contributed by atoms with Crippen LogP contribution in [0.2, 0.25) is 0 Å². The summed E-state index contributed by atoms with van der Waals surface area (Å²) < 4.78 is 77.1. The number of sulfonamides is 1. The number of carbonyl (C=O) groups excluding carboxylic acids is 2. The van der Waals surface area contributed by atoms with Gasteiger partial charge in [0.15, 0.2) is 0 Å². The Kier molecular flexibility index (Phi) is 6.14. The molecule has 2 heterocycles. The Morgan fingerprint density at radius 1 is 1.17 bits per heavy atom. The number of hydrogen-bond donors (Lipinski definition) is 2. The van der Waals surface area contributed by atoms with Gasteiger partial charge < -0.3 is 9.47 Å². The van der Waals surface area contributed by atoms with Crippen molar-refractivity contribution in [2.75, 3.05) is 13.7 Å². The molecule has 2 aromatic carbocycles. The molecule has 1 fully saturated rings. The lowest BCUT2D eigenvalue weighted by Crippen LogP contribution is -2.21. The van der Waals surface area contributed by atoms with Crippen molar-refractivity contribution in [2.45, 2.75) is 30.5 Å². The van der Waals surface area contributed by atoms with Crippen LogP contribution in [0.3, 0.4) is 0 Å². The van der Waals surface area contributed by atoms with Crippen LogP contribution in [0.5, 0.6) is 11.5 Å². The number of ether oxygens (including phenoxy) is 2. The molecule has 0 bridgehead atoms. The predicted octanol–water partition coefficient (Wildman–Crippen LogP) is 4.15. The van der Waals surface area contributed by atoms with Crippen LogP contribution >= 0.6 is 11.8 Å². The monoisotopic (exact) mass is 528 g/mol. The summed E-state index contributed by atoms with van der Waals surface area (Å²) in [5.41, 5.74) is 0.138. The number of carbonyl (C=O) groups is 2. The predicted molar refractivity (Wildman–Crippen MR) is 122 cm³/mol. The molecule has 0 unspecified atom stereocenters. The number of imide groups is 1. The van der Waals surface area contributed by atoms with Crippen molar-refractivity contribution in [1.29, 1.82) is 0 Å². The van der Waals surface area contributed by atoms with Gasteiger partial charge in [0.05, 0.1) is 16.4 Å². The highest BCUT2D eigenvalue weighted by molar-refractivity contribution is 8.18. The topological polar surface area (TPSA) is 111 Å². The first kappa shape index (κ1) is 25.1. The van der Waals surface area contributed by atoms with E-state index < -0.39 is 38.7 Å². The second kappa shape index (κ2) is 8.57. The molecular formula is C22H19F3N2O6S2. The Bertz CT molecular complexity index is 1380. The molecule has 2 aromatic rings. The van der Waals surface area contributed by atoms with Gasteiger partial charge in [-0.15, -0.1) is 13.2 Å².